The van der Waals surface area contributed by atoms with Crippen LogP contribution in [-0.2, 0) is 14.4 Å². The molecule has 3 rings (SSSR count). The Balaban J connectivity index is 1.68. The van der Waals surface area contributed by atoms with E-state index in [1.165, 1.54) is 12.1 Å². The van der Waals surface area contributed by atoms with Gasteiger partial charge < -0.3 is 36.5 Å². The van der Waals surface area contributed by atoms with Crippen molar-refractivity contribution in [3.05, 3.63) is 53.1 Å². The number of nitrogens with two attached hydrogens (primary N) is 2. The fourth-order valence-corrected chi connectivity index (χ4v) is 3.59. The fraction of sp³-hybridized carbons (Fsp3) is 0.261. The summed E-state index contributed by atoms with van der Waals surface area (Å²) in [5, 5.41) is 20.1. The van der Waals surface area contributed by atoms with E-state index in [0.717, 1.165) is 0 Å². The zero-order valence-electron chi connectivity index (χ0n) is 18.7. The number of ether oxygens (including phenoxy) is 2. The number of aliphatic carboxylic acids is 2. The van der Waals surface area contributed by atoms with Gasteiger partial charge in [0.25, 0.3) is 0 Å². The van der Waals surface area contributed by atoms with Crippen LogP contribution >= 0.6 is 0 Å². The third kappa shape index (κ3) is 6.25. The van der Waals surface area contributed by atoms with E-state index in [0.29, 0.717) is 22.6 Å². The van der Waals surface area contributed by atoms with E-state index >= 15 is 0 Å². The molecule has 35 heavy (non-hydrogen) atoms. The molecular formula is C23H24N4O8. The normalized spacial score (nSPS) is 14.7. The first-order valence-corrected chi connectivity index (χ1v) is 10.5. The van der Waals surface area contributed by atoms with Gasteiger partial charge in [0.15, 0.2) is 5.96 Å². The van der Waals surface area contributed by atoms with Gasteiger partial charge in [0.05, 0.1) is 24.3 Å². The number of nitrogens with one attached hydrogen (secondary N) is 1. The summed E-state index contributed by atoms with van der Waals surface area (Å²) in [6.45, 7) is 1.86. The van der Waals surface area contributed by atoms with Crippen molar-refractivity contribution in [3.8, 4) is 11.5 Å². The van der Waals surface area contributed by atoms with Crippen molar-refractivity contribution in [2.75, 3.05) is 6.61 Å². The molecule has 0 fully saturated rings. The highest BCUT2D eigenvalue weighted by Crippen LogP contribution is 2.42. The molecule has 0 bridgehead atoms. The quantitative estimate of drug-likeness (QED) is 0.148. The molecule has 12 nitrogen and oxygen atoms in total. The standard InChI is InChI=1S/C23H24N4O8/c1-11-17(35-22(33)12-2-4-14(5-3-12)26-23(24)25)7-6-15-13(10-34-20(11)15)8-18(28)27-16(21(31)32)9-19(29)30/h2-7,13,16H,8-10H2,1H3,(H,27,28)(H,29,30)(H,31,32)(H4,24,25,26)/t13?,16-/m0/s1. The summed E-state index contributed by atoms with van der Waals surface area (Å²) in [6, 6.07) is 7.90. The lowest BCUT2D eigenvalue weighted by Crippen LogP contribution is -2.42. The van der Waals surface area contributed by atoms with Crippen molar-refractivity contribution in [2.24, 2.45) is 16.5 Å². The highest BCUT2D eigenvalue weighted by molar-refractivity contribution is 5.92. The first kappa shape index (κ1) is 25.0. The number of esters is 1. The molecule has 7 N–H and O–H groups in total. The summed E-state index contributed by atoms with van der Waals surface area (Å²) in [7, 11) is 0. The minimum absolute atomic E-state index is 0.100. The maximum absolute atomic E-state index is 12.6. The molecule has 0 aliphatic carbocycles. The Hall–Kier alpha value is -4.61. The zero-order chi connectivity index (χ0) is 25.7. The van der Waals surface area contributed by atoms with Crippen LogP contribution in [0.4, 0.5) is 5.69 Å². The first-order chi connectivity index (χ1) is 16.5. The molecule has 2 aromatic carbocycles. The average Bonchev–Trinajstić information content (AvgIpc) is 3.18. The second kappa shape index (κ2) is 10.5. The van der Waals surface area contributed by atoms with Crippen LogP contribution in [0.15, 0.2) is 41.4 Å². The predicted octanol–water partition coefficient (Wildman–Crippen LogP) is 1.03. The van der Waals surface area contributed by atoms with Crippen molar-refractivity contribution in [2.45, 2.75) is 31.7 Å². The average molecular weight is 484 g/mol. The molecule has 1 amide bonds. The molecule has 12 heteroatoms. The summed E-state index contributed by atoms with van der Waals surface area (Å²) in [6.07, 6.45) is -0.833. The predicted molar refractivity (Wildman–Crippen MR) is 123 cm³/mol. The van der Waals surface area contributed by atoms with Crippen LogP contribution in [0.3, 0.4) is 0 Å². The van der Waals surface area contributed by atoms with Gasteiger partial charge in [-0.1, -0.05) is 6.07 Å². The summed E-state index contributed by atoms with van der Waals surface area (Å²) in [5.41, 5.74) is 12.7. The van der Waals surface area contributed by atoms with Gasteiger partial charge in [-0.2, -0.15) is 0 Å². The number of fused-ring (bicyclic) bond motifs is 1. The van der Waals surface area contributed by atoms with Crippen LogP contribution in [0.5, 0.6) is 11.5 Å². The summed E-state index contributed by atoms with van der Waals surface area (Å²) in [5.74, 6) is -3.72. The van der Waals surface area contributed by atoms with Crippen LogP contribution in [0.2, 0.25) is 0 Å². The number of aliphatic imine (C=N–C) groups is 1. The Labute approximate surface area is 199 Å². The molecule has 184 valence electrons. The highest BCUT2D eigenvalue weighted by atomic mass is 16.5. The summed E-state index contributed by atoms with van der Waals surface area (Å²) < 4.78 is 11.2. The number of hydrogen-bond donors (Lipinski definition) is 5. The minimum Gasteiger partial charge on any atom is -0.492 e. The molecule has 0 saturated heterocycles. The minimum atomic E-state index is -1.53. The maximum Gasteiger partial charge on any atom is 0.343 e. The number of guanidine groups is 1. The van der Waals surface area contributed by atoms with Crippen LogP contribution < -0.4 is 26.3 Å². The van der Waals surface area contributed by atoms with Gasteiger partial charge in [-0.15, -0.1) is 0 Å². The van der Waals surface area contributed by atoms with Crippen molar-refractivity contribution in [1.29, 1.82) is 0 Å². The van der Waals surface area contributed by atoms with Gasteiger partial charge in [0.2, 0.25) is 5.91 Å². The third-order valence-corrected chi connectivity index (χ3v) is 5.26. The Morgan fingerprint density at radius 2 is 1.83 bits per heavy atom. The number of amides is 1. The molecule has 0 saturated carbocycles. The second-order valence-corrected chi connectivity index (χ2v) is 7.85. The van der Waals surface area contributed by atoms with Gasteiger partial charge >= 0.3 is 17.9 Å². The lowest BCUT2D eigenvalue weighted by atomic mass is 9.95. The van der Waals surface area contributed by atoms with E-state index in [9.17, 15) is 19.2 Å². The monoisotopic (exact) mass is 484 g/mol. The van der Waals surface area contributed by atoms with Crippen molar-refractivity contribution in [3.63, 3.8) is 0 Å². The largest absolute Gasteiger partial charge is 0.492 e. The number of carboxylic acid groups (broad SMARTS) is 2. The number of rotatable bonds is 9. The molecule has 1 aliphatic heterocycles. The van der Waals surface area contributed by atoms with E-state index in [4.69, 9.17) is 31.2 Å². The smallest absolute Gasteiger partial charge is 0.343 e. The lowest BCUT2D eigenvalue weighted by Gasteiger charge is -2.15. The Morgan fingerprint density at radius 1 is 1.14 bits per heavy atom. The van der Waals surface area contributed by atoms with Gasteiger partial charge in [-0.05, 0) is 37.3 Å². The number of carbonyl (C=O) groups is 4. The van der Waals surface area contributed by atoms with Gasteiger partial charge in [0, 0.05) is 23.5 Å². The Kier molecular flexibility index (Phi) is 7.54. The third-order valence-electron chi connectivity index (χ3n) is 5.26. The topological polar surface area (TPSA) is 204 Å². The number of nitrogens with zero attached hydrogens (tertiary/aromatic N) is 1. The van der Waals surface area contributed by atoms with Crippen LogP contribution in [0.25, 0.3) is 0 Å². The van der Waals surface area contributed by atoms with E-state index in [1.54, 1.807) is 31.2 Å². The van der Waals surface area contributed by atoms with Crippen molar-refractivity contribution < 1.29 is 38.9 Å². The molecule has 0 spiro atoms. The molecule has 2 atom stereocenters. The van der Waals surface area contributed by atoms with Crippen LogP contribution in [0, 0.1) is 6.92 Å². The van der Waals surface area contributed by atoms with E-state index in [1.807, 2.05) is 0 Å². The number of carboxylic acids is 2. The maximum atomic E-state index is 12.6. The fourth-order valence-electron chi connectivity index (χ4n) is 3.59. The van der Waals surface area contributed by atoms with E-state index in [2.05, 4.69) is 10.3 Å². The van der Waals surface area contributed by atoms with Gasteiger partial charge in [0.1, 0.15) is 17.5 Å². The van der Waals surface area contributed by atoms with Crippen LogP contribution in [0.1, 0.15) is 40.2 Å². The van der Waals surface area contributed by atoms with Gasteiger partial charge in [-0.3, -0.25) is 9.59 Å². The molecule has 1 aliphatic rings. The van der Waals surface area contributed by atoms with Crippen LogP contribution in [-0.4, -0.2) is 52.6 Å². The Morgan fingerprint density at radius 3 is 2.43 bits per heavy atom. The number of carbonyl (C=O) groups excluding carboxylic acids is 2. The molecule has 2 aromatic rings. The van der Waals surface area contributed by atoms with E-state index < -0.39 is 36.3 Å². The molecular weight excluding hydrogens is 460 g/mol. The van der Waals surface area contributed by atoms with Gasteiger partial charge in [-0.25, -0.2) is 14.6 Å². The highest BCUT2D eigenvalue weighted by Gasteiger charge is 2.31. The number of benzene rings is 2. The second-order valence-electron chi connectivity index (χ2n) is 7.85. The SMILES string of the molecule is Cc1c(OC(=O)c2ccc(N=C(N)N)cc2)ccc2c1OCC2CC(=O)N[C@@H](CC(=O)O)C(=O)O. The molecule has 1 unspecified atom stereocenters. The van der Waals surface area contributed by atoms with Crippen molar-refractivity contribution >= 4 is 35.5 Å². The van der Waals surface area contributed by atoms with E-state index in [-0.39, 0.29) is 36.2 Å². The molecule has 0 radical (unpaired) electrons. The first-order valence-electron chi connectivity index (χ1n) is 10.5. The summed E-state index contributed by atoms with van der Waals surface area (Å²) in [4.78, 5) is 50.7. The molecule has 1 heterocycles. The van der Waals surface area contributed by atoms with Crippen molar-refractivity contribution in [1.82, 2.24) is 5.32 Å². The number of hydrogen-bond acceptors (Lipinski definition) is 7. The molecule has 0 aromatic heterocycles. The lowest BCUT2D eigenvalue weighted by molar-refractivity contribution is -0.147. The summed E-state index contributed by atoms with van der Waals surface area (Å²) >= 11 is 0. The zero-order valence-corrected chi connectivity index (χ0v) is 18.7. The Bertz CT molecular complexity index is 1190.